The number of benzene rings is 2. The summed E-state index contributed by atoms with van der Waals surface area (Å²) < 4.78 is 0. The first-order valence-electron chi connectivity index (χ1n) is 10.1. The number of amides is 1. The maximum atomic E-state index is 13.0. The van der Waals surface area contributed by atoms with Gasteiger partial charge in [-0.05, 0) is 42.0 Å². The molecule has 0 unspecified atom stereocenters. The maximum absolute atomic E-state index is 13.0. The number of nitrogens with zero attached hydrogens (tertiary/aromatic N) is 2. The van der Waals surface area contributed by atoms with Gasteiger partial charge in [-0.25, -0.2) is 5.01 Å². The number of hydrogen-bond donors (Lipinski definition) is 1. The number of carboxylic acids is 1. The fourth-order valence-electron chi connectivity index (χ4n) is 4.23. The van der Waals surface area contributed by atoms with E-state index in [1.54, 1.807) is 5.01 Å². The predicted octanol–water partition coefficient (Wildman–Crippen LogP) is 4.63. The Morgan fingerprint density at radius 1 is 1.07 bits per heavy atom. The Labute approximate surface area is 180 Å². The Kier molecular flexibility index (Phi) is 6.33. The first-order valence-corrected chi connectivity index (χ1v) is 11.3. The molecule has 2 aromatic rings. The Balaban J connectivity index is 1.66. The number of thioether (sulfide) groups is 1. The van der Waals surface area contributed by atoms with Crippen molar-refractivity contribution in [3.8, 4) is 0 Å². The zero-order valence-electron chi connectivity index (χ0n) is 16.6. The largest absolute Gasteiger partial charge is 0.481 e. The molecule has 2 aliphatic rings. The fourth-order valence-corrected chi connectivity index (χ4v) is 4.82. The van der Waals surface area contributed by atoms with Crippen molar-refractivity contribution < 1.29 is 14.7 Å². The highest BCUT2D eigenvalue weighted by molar-refractivity contribution is 8.00. The zero-order chi connectivity index (χ0) is 20.9. The predicted molar refractivity (Wildman–Crippen MR) is 120 cm³/mol. The highest BCUT2D eigenvalue weighted by atomic mass is 32.2. The molecule has 1 saturated carbocycles. The Bertz CT molecular complexity index is 972. The van der Waals surface area contributed by atoms with Gasteiger partial charge in [0.25, 0.3) is 5.91 Å². The summed E-state index contributed by atoms with van der Waals surface area (Å²) >= 11 is 1.12. The third-order valence-electron chi connectivity index (χ3n) is 5.49. The van der Waals surface area contributed by atoms with Crippen LogP contribution in [0, 0.1) is 5.92 Å². The molecule has 6 heteroatoms. The average Bonchev–Trinajstić information content (AvgIpc) is 3.15. The molecule has 1 amide bonds. The van der Waals surface area contributed by atoms with Gasteiger partial charge >= 0.3 is 5.97 Å². The second-order valence-electron chi connectivity index (χ2n) is 7.54. The molecule has 2 aromatic carbocycles. The number of hydrogen-bond acceptors (Lipinski definition) is 4. The van der Waals surface area contributed by atoms with Crippen molar-refractivity contribution in [2.24, 2.45) is 11.0 Å². The normalized spacial score (nSPS) is 21.9. The van der Waals surface area contributed by atoms with Gasteiger partial charge in [-0.2, -0.15) is 5.10 Å². The van der Waals surface area contributed by atoms with Crippen molar-refractivity contribution in [2.75, 3.05) is 11.5 Å². The van der Waals surface area contributed by atoms with Gasteiger partial charge in [0.2, 0.25) is 0 Å². The molecule has 5 nitrogen and oxygen atoms in total. The Morgan fingerprint density at radius 3 is 2.47 bits per heavy atom. The lowest BCUT2D eigenvalue weighted by molar-refractivity contribution is -0.133. The van der Waals surface area contributed by atoms with Crippen molar-refractivity contribution in [3.05, 3.63) is 77.4 Å². The number of carbonyl (C=O) groups excluding carboxylic acids is 1. The number of carboxylic acid groups (broad SMARTS) is 1. The maximum Gasteiger partial charge on any atom is 0.313 e. The SMILES string of the molecule is O=C(O)CSCC(=O)N1N=C2/C(=C/c3ccccc3)CCC[C@@H]2[C@H]1c1ccccc1. The molecule has 30 heavy (non-hydrogen) atoms. The lowest BCUT2D eigenvalue weighted by Crippen LogP contribution is -2.33. The molecule has 1 N–H and O–H groups in total. The van der Waals surface area contributed by atoms with E-state index in [-0.39, 0.29) is 29.4 Å². The van der Waals surface area contributed by atoms with Crippen LogP contribution in [0.2, 0.25) is 0 Å². The summed E-state index contributed by atoms with van der Waals surface area (Å²) in [5.74, 6) is -0.881. The van der Waals surface area contributed by atoms with Crippen LogP contribution in [0.25, 0.3) is 6.08 Å². The summed E-state index contributed by atoms with van der Waals surface area (Å²) in [6.45, 7) is 0. The van der Waals surface area contributed by atoms with E-state index in [0.29, 0.717) is 0 Å². The first-order chi connectivity index (χ1) is 14.6. The fraction of sp³-hybridized carbons (Fsp3) is 0.292. The van der Waals surface area contributed by atoms with Crippen LogP contribution in [0.5, 0.6) is 0 Å². The van der Waals surface area contributed by atoms with Crippen molar-refractivity contribution in [1.29, 1.82) is 0 Å². The van der Waals surface area contributed by atoms with E-state index < -0.39 is 5.97 Å². The summed E-state index contributed by atoms with van der Waals surface area (Å²) in [6.07, 6.45) is 5.17. The number of rotatable bonds is 6. The van der Waals surface area contributed by atoms with Crippen molar-refractivity contribution >= 4 is 35.4 Å². The summed E-state index contributed by atoms with van der Waals surface area (Å²) in [7, 11) is 0. The summed E-state index contributed by atoms with van der Waals surface area (Å²) in [5.41, 5.74) is 4.38. The molecule has 154 valence electrons. The quantitative estimate of drug-likeness (QED) is 0.740. The molecular weight excluding hydrogens is 396 g/mol. The Morgan fingerprint density at radius 2 is 1.77 bits per heavy atom. The monoisotopic (exact) mass is 420 g/mol. The minimum atomic E-state index is -0.915. The van der Waals surface area contributed by atoms with Crippen molar-refractivity contribution in [3.63, 3.8) is 0 Å². The third kappa shape index (κ3) is 4.49. The van der Waals surface area contributed by atoms with E-state index in [9.17, 15) is 9.59 Å². The molecule has 0 spiro atoms. The van der Waals surface area contributed by atoms with Crippen LogP contribution in [0.4, 0.5) is 0 Å². The lowest BCUT2D eigenvalue weighted by Gasteiger charge is -2.29. The van der Waals surface area contributed by atoms with Gasteiger partial charge < -0.3 is 5.11 Å². The summed E-state index contributed by atoms with van der Waals surface area (Å²) in [4.78, 5) is 23.8. The van der Waals surface area contributed by atoms with Crippen LogP contribution in [0.15, 0.2) is 71.3 Å². The minimum absolute atomic E-state index is 0.0885. The second kappa shape index (κ2) is 9.30. The molecule has 0 radical (unpaired) electrons. The van der Waals surface area contributed by atoms with Gasteiger partial charge in [0.15, 0.2) is 0 Å². The lowest BCUT2D eigenvalue weighted by atomic mass is 9.77. The average molecular weight is 421 g/mol. The van der Waals surface area contributed by atoms with Crippen LogP contribution in [-0.2, 0) is 9.59 Å². The number of fused-ring (bicyclic) bond motifs is 1. The Hall–Kier alpha value is -2.86. The molecule has 2 atom stereocenters. The number of allylic oxidation sites excluding steroid dienone is 1. The van der Waals surface area contributed by atoms with E-state index >= 15 is 0 Å². The molecule has 0 aromatic heterocycles. The van der Waals surface area contributed by atoms with Gasteiger partial charge in [-0.15, -0.1) is 11.8 Å². The van der Waals surface area contributed by atoms with Gasteiger partial charge in [0.05, 0.1) is 23.3 Å². The molecule has 4 rings (SSSR count). The number of hydrazone groups is 1. The zero-order valence-corrected chi connectivity index (χ0v) is 17.4. The topological polar surface area (TPSA) is 70.0 Å². The minimum Gasteiger partial charge on any atom is -0.481 e. The van der Waals surface area contributed by atoms with Crippen LogP contribution in [0.3, 0.4) is 0 Å². The van der Waals surface area contributed by atoms with Gasteiger partial charge in [-0.3, -0.25) is 9.59 Å². The van der Waals surface area contributed by atoms with Gasteiger partial charge in [-0.1, -0.05) is 60.7 Å². The third-order valence-corrected chi connectivity index (χ3v) is 6.39. The molecule has 0 saturated heterocycles. The van der Waals surface area contributed by atoms with Crippen LogP contribution >= 0.6 is 11.8 Å². The molecule has 1 aliphatic heterocycles. The smallest absolute Gasteiger partial charge is 0.313 e. The van der Waals surface area contributed by atoms with E-state index in [0.717, 1.165) is 47.9 Å². The standard InChI is InChI=1S/C24H24N2O3S/c27-21(15-30-16-22(28)29)26-24(18-10-5-2-6-11-18)20-13-7-12-19(23(20)25-26)14-17-8-3-1-4-9-17/h1-6,8-11,14,20,24H,7,12-13,15-16H2,(H,28,29)/b19-14+/t20-,24+/m0/s1. The van der Waals surface area contributed by atoms with Crippen LogP contribution < -0.4 is 0 Å². The summed E-state index contributed by atoms with van der Waals surface area (Å²) in [5, 5.41) is 15.3. The molecule has 1 fully saturated rings. The molecule has 0 bridgehead atoms. The van der Waals surface area contributed by atoms with Crippen LogP contribution in [-0.4, -0.2) is 39.2 Å². The molecular formula is C24H24N2O3S. The van der Waals surface area contributed by atoms with E-state index in [1.165, 1.54) is 5.57 Å². The molecule has 1 heterocycles. The highest BCUT2D eigenvalue weighted by Crippen LogP contribution is 2.44. The second-order valence-corrected chi connectivity index (χ2v) is 8.53. The van der Waals surface area contributed by atoms with Gasteiger partial charge in [0, 0.05) is 5.92 Å². The first kappa shape index (κ1) is 20.4. The van der Waals surface area contributed by atoms with E-state index in [1.807, 2.05) is 48.5 Å². The highest BCUT2D eigenvalue weighted by Gasteiger charge is 2.43. The van der Waals surface area contributed by atoms with E-state index in [2.05, 4.69) is 18.2 Å². The number of aliphatic carboxylic acids is 1. The van der Waals surface area contributed by atoms with Crippen molar-refractivity contribution in [1.82, 2.24) is 5.01 Å². The molecule has 1 aliphatic carbocycles. The van der Waals surface area contributed by atoms with Crippen LogP contribution in [0.1, 0.15) is 36.4 Å². The van der Waals surface area contributed by atoms with E-state index in [4.69, 9.17) is 10.2 Å². The van der Waals surface area contributed by atoms with Crippen molar-refractivity contribution in [2.45, 2.75) is 25.3 Å². The van der Waals surface area contributed by atoms with Gasteiger partial charge in [0.1, 0.15) is 0 Å². The summed E-state index contributed by atoms with van der Waals surface area (Å²) in [6, 6.07) is 20.1. The number of carbonyl (C=O) groups is 2.